The predicted octanol–water partition coefficient (Wildman–Crippen LogP) is 16.1. The number of anilines is 3. The first kappa shape index (κ1) is 89.2. The number of aromatic amines is 2. The lowest BCUT2D eigenvalue weighted by atomic mass is 9.84. The number of H-pyrrole nitrogens is 2. The van der Waals surface area contributed by atoms with Crippen LogP contribution in [-0.4, -0.2) is 125 Å². The highest BCUT2D eigenvalue weighted by Gasteiger charge is 2.49. The third-order valence-electron chi connectivity index (χ3n) is 23.8. The second-order valence-electron chi connectivity index (χ2n) is 33.8. The SMILES string of the molecule is CC(C)=CCC/C(C)=C/CCC1(C)Oc2c(c(O)cc3c2CN(c2c(O)cc(S(=O)(=O)O)c4ccccc24)C3=O)CC1O.CC(C)=CCC/C(C)=C/CCC1(C)Oc2c(c(O)cc3c2CN(c2ccc(S(=O)(=O)O)cc2)C3=O)CC1O.CC(C)=CCC/C(C)=C/CCC1(C)Oc2c(c(O)cc3c2CN(c2cccc4c(=O)[nH][nH]c(=O)c24)C3=O)CC1O. The number of allylic oxidation sites excluding steroid dienone is 12. The van der Waals surface area contributed by atoms with E-state index < -0.39 is 88.9 Å². The van der Waals surface area contributed by atoms with Crippen molar-refractivity contribution >= 4 is 76.6 Å². The summed E-state index contributed by atoms with van der Waals surface area (Å²) in [6, 6.07) is 21.5. The Morgan fingerprint density at radius 1 is 0.430 bits per heavy atom. The molecule has 121 heavy (non-hydrogen) atoms. The molecule has 0 bridgehead atoms. The second kappa shape index (κ2) is 35.5. The monoisotopic (exact) mass is 1690 g/mol. The molecule has 0 spiro atoms. The van der Waals surface area contributed by atoms with Crippen LogP contribution in [0.1, 0.15) is 225 Å². The Morgan fingerprint density at radius 3 is 1.21 bits per heavy atom. The molecule has 26 nitrogen and oxygen atoms in total. The molecule has 0 saturated carbocycles. The fourth-order valence-corrected chi connectivity index (χ4v) is 17.8. The van der Waals surface area contributed by atoms with Gasteiger partial charge >= 0.3 is 0 Å². The van der Waals surface area contributed by atoms with E-state index in [1.807, 2.05) is 20.8 Å². The van der Waals surface area contributed by atoms with Crippen molar-refractivity contribution in [3.63, 3.8) is 0 Å². The van der Waals surface area contributed by atoms with Crippen molar-refractivity contribution in [3.8, 4) is 40.2 Å². The molecule has 7 heterocycles. The fourth-order valence-electron chi connectivity index (χ4n) is 16.6. The van der Waals surface area contributed by atoms with E-state index >= 15 is 0 Å². The molecule has 0 aliphatic carbocycles. The van der Waals surface area contributed by atoms with Crippen molar-refractivity contribution in [3.05, 3.63) is 232 Å². The number of ether oxygens (including phenoxy) is 3. The lowest BCUT2D eigenvalue weighted by molar-refractivity contribution is -0.0597. The first-order valence-electron chi connectivity index (χ1n) is 40.6. The van der Waals surface area contributed by atoms with Crippen LogP contribution in [0.5, 0.6) is 40.2 Å². The molecule has 11 N–H and O–H groups in total. The third-order valence-corrected chi connectivity index (χ3v) is 25.6. The van der Waals surface area contributed by atoms with E-state index in [1.165, 1.54) is 103 Å². The summed E-state index contributed by atoms with van der Waals surface area (Å²) >= 11 is 0. The van der Waals surface area contributed by atoms with Crippen molar-refractivity contribution in [2.75, 3.05) is 14.7 Å². The third kappa shape index (κ3) is 18.9. The van der Waals surface area contributed by atoms with Crippen LogP contribution in [0.2, 0.25) is 0 Å². The van der Waals surface area contributed by atoms with E-state index in [1.54, 1.807) is 30.3 Å². The zero-order chi connectivity index (χ0) is 87.9. The van der Waals surface area contributed by atoms with Gasteiger partial charge in [-0.2, -0.15) is 16.8 Å². The van der Waals surface area contributed by atoms with Crippen LogP contribution in [0.3, 0.4) is 0 Å². The number of phenols is 4. The molecule has 14 rings (SSSR count). The second-order valence-corrected chi connectivity index (χ2v) is 36.6. The Labute approximate surface area is 703 Å². The number of aromatic nitrogens is 2. The summed E-state index contributed by atoms with van der Waals surface area (Å²) in [7, 11) is -9.02. The molecule has 1 aromatic heterocycles. The van der Waals surface area contributed by atoms with Crippen LogP contribution in [-0.2, 0) is 59.1 Å². The number of hydrogen-bond acceptors (Lipinski definition) is 19. The maximum atomic E-state index is 13.7. The summed E-state index contributed by atoms with van der Waals surface area (Å²) in [5, 5.41) is 81.8. The molecule has 6 aliphatic rings. The largest absolute Gasteiger partial charge is 0.508 e. The van der Waals surface area contributed by atoms with Crippen molar-refractivity contribution in [2.24, 2.45) is 0 Å². The van der Waals surface area contributed by atoms with Gasteiger partial charge in [0.2, 0.25) is 0 Å². The highest BCUT2D eigenvalue weighted by atomic mass is 32.2. The number of hydrogen-bond donors (Lipinski definition) is 11. The van der Waals surface area contributed by atoms with E-state index in [4.69, 9.17) is 14.2 Å². The topological polar surface area (TPSA) is 405 Å². The molecule has 28 heteroatoms. The minimum Gasteiger partial charge on any atom is -0.508 e. The number of aliphatic hydroxyl groups is 3. The lowest BCUT2D eigenvalue weighted by Gasteiger charge is -2.40. The summed E-state index contributed by atoms with van der Waals surface area (Å²) in [5.74, 6) is -1.03. The molecule has 0 radical (unpaired) electrons. The Kier molecular flexibility index (Phi) is 26.2. The summed E-state index contributed by atoms with van der Waals surface area (Å²) < 4.78 is 85.2. The normalized spacial score (nSPS) is 20.5. The molecule has 3 amide bonds. The number of nitrogens with one attached hydrogen (secondary N) is 2. The van der Waals surface area contributed by atoms with Crippen LogP contribution >= 0.6 is 0 Å². The lowest BCUT2D eigenvalue weighted by Crippen LogP contribution is -2.49. The van der Waals surface area contributed by atoms with Gasteiger partial charge in [-0.1, -0.05) is 100 Å². The van der Waals surface area contributed by atoms with Gasteiger partial charge in [-0.15, -0.1) is 0 Å². The minimum absolute atomic E-state index is 0.0187. The number of fused-ring (bicyclic) bond motifs is 11. The van der Waals surface area contributed by atoms with Gasteiger partial charge in [-0.25, -0.2) is 0 Å². The van der Waals surface area contributed by atoms with Crippen molar-refractivity contribution in [2.45, 2.75) is 244 Å². The average Bonchev–Trinajstić information content (AvgIpc) is 1.60. The number of aliphatic hydroxyl groups excluding tert-OH is 3. The molecule has 642 valence electrons. The van der Waals surface area contributed by atoms with Crippen molar-refractivity contribution < 1.29 is 90.3 Å². The van der Waals surface area contributed by atoms with E-state index in [0.29, 0.717) is 99.7 Å². The van der Waals surface area contributed by atoms with E-state index in [9.17, 15) is 85.7 Å². The number of rotatable bonds is 23. The number of aromatic hydroxyl groups is 4. The van der Waals surface area contributed by atoms with Gasteiger partial charge in [0.05, 0.1) is 81.7 Å². The molecule has 0 saturated heterocycles. The van der Waals surface area contributed by atoms with E-state index in [0.717, 1.165) is 51.0 Å². The number of benzene rings is 7. The predicted molar refractivity (Wildman–Crippen MR) is 464 cm³/mol. The maximum absolute atomic E-state index is 13.7. The molecular weight excluding hydrogens is 1590 g/mol. The molecule has 6 atom stereocenters. The zero-order valence-corrected chi connectivity index (χ0v) is 71.8. The zero-order valence-electron chi connectivity index (χ0n) is 70.2. The van der Waals surface area contributed by atoms with Gasteiger partial charge in [0.1, 0.15) is 61.9 Å². The van der Waals surface area contributed by atoms with Gasteiger partial charge in [0.15, 0.2) is 0 Å². The maximum Gasteiger partial charge on any atom is 0.295 e. The van der Waals surface area contributed by atoms with E-state index in [2.05, 4.69) is 109 Å². The van der Waals surface area contributed by atoms with Crippen LogP contribution < -0.4 is 40.0 Å². The molecule has 6 unspecified atom stereocenters. The standard InChI is InChI=1S/C33H37NO8S.C31H35N3O6.C29H35NO7S/c1-19(2)9-7-10-20(3)11-8-14-33(4)29(37)16-24-26(35)15-23-25(31(24)42-33)18-34(32(23)38)30-22-13-6-5-12-21(22)28(17-27(30)36)43(39,40)41;1-17(2)8-5-9-18(3)10-7-13-31(4)25(36)15-21-24(35)14-20-22(27(21)40-31)16-34(30(20)39)23-12-6-11-19-26(23)29(38)33-32-28(19)37;1-18(2)7-5-8-19(3)9-6-14-29(4)26(32)16-23-25(31)15-22-24(27(23)37-29)17-30(28(22)33)20-10-12-21(13-11-20)38(34,35)36/h5-6,9,11-13,15,17,29,35-37H,7-8,10,14,16,18H2,1-4H3,(H,39,40,41);6,8,10-12,14,25,35-36H,5,7,9,13,15-16H2,1-4H3,(H,32,37)(H,33,38);7,9-13,15,26,31-32H,5-6,8,14,16-17H2,1-4H3,(H,34,35,36)/b20-11+;18-10+;19-9+. The first-order valence-corrected chi connectivity index (χ1v) is 43.5. The first-order chi connectivity index (χ1) is 57.0. The van der Waals surface area contributed by atoms with Crippen molar-refractivity contribution in [1.82, 2.24) is 10.2 Å². The minimum atomic E-state index is -4.66. The Hall–Kier alpha value is -11.1. The summed E-state index contributed by atoms with van der Waals surface area (Å²) in [5.41, 5.74) is 8.49. The molecular formula is C93H107N5O21S2. The Morgan fingerprint density at radius 2 is 0.802 bits per heavy atom. The van der Waals surface area contributed by atoms with E-state index in [-0.39, 0.29) is 105 Å². The summed E-state index contributed by atoms with van der Waals surface area (Å²) in [6.07, 6.45) is 20.6. The van der Waals surface area contributed by atoms with Gasteiger partial charge in [-0.05, 0) is 215 Å². The van der Waals surface area contributed by atoms with Gasteiger partial charge in [-0.3, -0.25) is 48.2 Å². The quantitative estimate of drug-likeness (QED) is 0.0209. The smallest absolute Gasteiger partial charge is 0.295 e. The number of nitrogens with zero attached hydrogens (tertiary/aromatic N) is 3. The highest BCUT2D eigenvalue weighted by molar-refractivity contribution is 7.86. The summed E-state index contributed by atoms with van der Waals surface area (Å²) in [6.45, 7) is 24.6. The molecule has 6 aliphatic heterocycles. The van der Waals surface area contributed by atoms with Crippen LogP contribution in [0.15, 0.2) is 180 Å². The molecule has 7 aromatic carbocycles. The highest BCUT2D eigenvalue weighted by Crippen LogP contribution is 2.53. The number of amides is 3. The number of carbonyl (C=O) groups is 3. The number of phenolic OH excluding ortho intramolecular Hbond substituents is 4. The molecule has 8 aromatic rings. The van der Waals surface area contributed by atoms with Crippen LogP contribution in [0, 0.1) is 0 Å². The van der Waals surface area contributed by atoms with Gasteiger partial charge < -0.3 is 59.8 Å². The van der Waals surface area contributed by atoms with Crippen LogP contribution in [0.4, 0.5) is 17.1 Å². The number of carbonyl (C=O) groups excluding carboxylic acids is 3. The molecule has 0 fully saturated rings. The van der Waals surface area contributed by atoms with Crippen molar-refractivity contribution in [1.29, 1.82) is 0 Å². The average molecular weight is 1700 g/mol. The van der Waals surface area contributed by atoms with Gasteiger partial charge in [0.25, 0.3) is 49.1 Å². The Bertz CT molecular complexity index is 6020. The van der Waals surface area contributed by atoms with Gasteiger partial charge in [0, 0.05) is 75.2 Å². The fraction of sp³-hybridized carbons (Fsp3) is 0.387. The van der Waals surface area contributed by atoms with Crippen LogP contribution in [0.25, 0.3) is 21.5 Å². The Balaban J connectivity index is 0.000000166. The summed E-state index contributed by atoms with van der Waals surface area (Å²) in [4.78, 5) is 69.0.